The summed E-state index contributed by atoms with van der Waals surface area (Å²) in [7, 11) is 0. The molecule has 2 unspecified atom stereocenters. The number of amides is 1. The highest BCUT2D eigenvalue weighted by Crippen LogP contribution is 2.18. The zero-order chi connectivity index (χ0) is 51.4. The maximum absolute atomic E-state index is 12.4. The van der Waals surface area contributed by atoms with Crippen LogP contribution in [0.4, 0.5) is 0 Å². The Morgan fingerprint density at radius 2 is 0.662 bits per heavy atom. The average Bonchev–Trinajstić information content (AvgIpc) is 3.37. The predicted molar refractivity (Wildman–Crippen MR) is 310 cm³/mol. The summed E-state index contributed by atoms with van der Waals surface area (Å²) in [5.74, 6) is -0.0472. The standard InChI is InChI=1S/C65H125NO5/c1-3-5-7-9-11-13-14-39-43-47-51-55-59-65(70)71-60-56-52-48-44-40-37-35-33-31-29-27-25-23-21-19-17-15-16-18-20-22-24-26-28-30-32-34-36-38-42-46-50-54-58-64(69)66-62(61-67)63(68)57-53-49-45-41-12-10-8-6-4-2/h19,21,53,57,62-63,67-68H,3-18,20,22-52,54-56,58-61H2,1-2H3,(H,66,69)/b21-19-,57-53+. The van der Waals surface area contributed by atoms with E-state index in [1.807, 2.05) is 6.08 Å². The van der Waals surface area contributed by atoms with Crippen molar-refractivity contribution in [1.82, 2.24) is 5.32 Å². The first kappa shape index (κ1) is 69.3. The Balaban J connectivity index is 3.32. The van der Waals surface area contributed by atoms with Gasteiger partial charge in [0.2, 0.25) is 5.91 Å². The van der Waals surface area contributed by atoms with Crippen LogP contribution < -0.4 is 5.32 Å². The van der Waals surface area contributed by atoms with E-state index in [0.29, 0.717) is 19.4 Å². The first-order valence-electron chi connectivity index (χ1n) is 32.1. The van der Waals surface area contributed by atoms with Crippen molar-refractivity contribution < 1.29 is 24.5 Å². The van der Waals surface area contributed by atoms with E-state index in [1.165, 1.54) is 289 Å². The fraction of sp³-hybridized carbons (Fsp3) is 0.908. The van der Waals surface area contributed by atoms with E-state index in [2.05, 4.69) is 31.3 Å². The first-order valence-corrected chi connectivity index (χ1v) is 32.1. The number of carbonyl (C=O) groups is 2. The molecule has 0 spiro atoms. The molecule has 0 fully saturated rings. The minimum atomic E-state index is -0.839. The van der Waals surface area contributed by atoms with Crippen LogP contribution >= 0.6 is 0 Å². The van der Waals surface area contributed by atoms with Gasteiger partial charge in [-0.15, -0.1) is 0 Å². The Morgan fingerprint density at radius 1 is 0.380 bits per heavy atom. The molecule has 0 rings (SSSR count). The molecule has 0 aliphatic rings. The van der Waals surface area contributed by atoms with Crippen LogP contribution in [0, 0.1) is 0 Å². The number of esters is 1. The molecule has 1 amide bonds. The molecule has 0 saturated carbocycles. The van der Waals surface area contributed by atoms with Crippen molar-refractivity contribution in [2.75, 3.05) is 13.2 Å². The minimum Gasteiger partial charge on any atom is -0.466 e. The second-order valence-electron chi connectivity index (χ2n) is 22.1. The fourth-order valence-electron chi connectivity index (χ4n) is 10.0. The van der Waals surface area contributed by atoms with Gasteiger partial charge in [-0.1, -0.05) is 308 Å². The third kappa shape index (κ3) is 57.5. The SMILES string of the molecule is CCCCCCCCC/C=C/C(O)C(CO)NC(=O)CCCCCCCCCCCCCCCCCCC/C=C\CCCCCCCCCCCCCCOC(=O)CCCCCCCCCCCCCC. The molecule has 0 aromatic carbocycles. The zero-order valence-electron chi connectivity index (χ0n) is 48.0. The number of aliphatic hydroxyl groups is 2. The highest BCUT2D eigenvalue weighted by molar-refractivity contribution is 5.76. The van der Waals surface area contributed by atoms with Gasteiger partial charge in [0, 0.05) is 12.8 Å². The number of carbonyl (C=O) groups excluding carboxylic acids is 2. The summed E-state index contributed by atoms with van der Waals surface area (Å²) < 4.78 is 5.48. The van der Waals surface area contributed by atoms with Crippen LogP contribution in [-0.2, 0) is 14.3 Å². The third-order valence-electron chi connectivity index (χ3n) is 15.0. The largest absolute Gasteiger partial charge is 0.466 e. The molecule has 0 aromatic heterocycles. The van der Waals surface area contributed by atoms with Crippen molar-refractivity contribution in [3.8, 4) is 0 Å². The highest BCUT2D eigenvalue weighted by atomic mass is 16.5. The molecule has 71 heavy (non-hydrogen) atoms. The summed E-state index contributed by atoms with van der Waals surface area (Å²) >= 11 is 0. The van der Waals surface area contributed by atoms with Crippen LogP contribution in [0.1, 0.15) is 354 Å². The lowest BCUT2D eigenvalue weighted by molar-refractivity contribution is -0.143. The van der Waals surface area contributed by atoms with Crippen LogP contribution in [0.5, 0.6) is 0 Å². The Hall–Kier alpha value is -1.66. The molecule has 0 bridgehead atoms. The predicted octanol–water partition coefficient (Wildman–Crippen LogP) is 20.2. The Bertz CT molecular complexity index is 1110. The van der Waals surface area contributed by atoms with Gasteiger partial charge in [0.15, 0.2) is 0 Å². The van der Waals surface area contributed by atoms with E-state index in [4.69, 9.17) is 4.74 Å². The lowest BCUT2D eigenvalue weighted by atomic mass is 10.0. The molecule has 0 aliphatic heterocycles. The van der Waals surface area contributed by atoms with E-state index in [0.717, 1.165) is 38.5 Å². The van der Waals surface area contributed by atoms with E-state index < -0.39 is 12.1 Å². The summed E-state index contributed by atoms with van der Waals surface area (Å²) in [4.78, 5) is 24.4. The van der Waals surface area contributed by atoms with Gasteiger partial charge in [0.25, 0.3) is 0 Å². The van der Waals surface area contributed by atoms with Crippen LogP contribution in [0.15, 0.2) is 24.3 Å². The lowest BCUT2D eigenvalue weighted by Gasteiger charge is -2.20. The molecule has 0 aliphatic carbocycles. The number of hydrogen-bond donors (Lipinski definition) is 3. The summed E-state index contributed by atoms with van der Waals surface area (Å²) in [5.41, 5.74) is 0. The normalized spacial score (nSPS) is 12.7. The number of allylic oxidation sites excluding steroid dienone is 3. The molecule has 0 saturated heterocycles. The Morgan fingerprint density at radius 3 is 1.00 bits per heavy atom. The van der Waals surface area contributed by atoms with Gasteiger partial charge in [-0.3, -0.25) is 9.59 Å². The second-order valence-corrected chi connectivity index (χ2v) is 22.1. The van der Waals surface area contributed by atoms with Crippen molar-refractivity contribution in [2.45, 2.75) is 366 Å². The van der Waals surface area contributed by atoms with E-state index >= 15 is 0 Å². The first-order chi connectivity index (χ1) is 35.0. The highest BCUT2D eigenvalue weighted by Gasteiger charge is 2.18. The molecule has 0 radical (unpaired) electrons. The van der Waals surface area contributed by atoms with Crippen molar-refractivity contribution in [1.29, 1.82) is 0 Å². The van der Waals surface area contributed by atoms with Gasteiger partial charge >= 0.3 is 5.97 Å². The summed E-state index contributed by atoms with van der Waals surface area (Å²) in [6.45, 7) is 4.89. The third-order valence-corrected chi connectivity index (χ3v) is 15.0. The molecular weight excluding hydrogens is 875 g/mol. The van der Waals surface area contributed by atoms with Crippen LogP contribution in [-0.4, -0.2) is 47.4 Å². The smallest absolute Gasteiger partial charge is 0.305 e. The molecular formula is C65H125NO5. The summed E-state index contributed by atoms with van der Waals surface area (Å²) in [6, 6.07) is -0.623. The molecule has 420 valence electrons. The van der Waals surface area contributed by atoms with E-state index in [-0.39, 0.29) is 18.5 Å². The Labute approximate surface area is 443 Å². The van der Waals surface area contributed by atoms with Crippen molar-refractivity contribution >= 4 is 11.9 Å². The van der Waals surface area contributed by atoms with E-state index in [1.54, 1.807) is 6.08 Å². The number of nitrogens with one attached hydrogen (secondary N) is 1. The average molecular weight is 1000 g/mol. The topological polar surface area (TPSA) is 95.9 Å². The van der Waals surface area contributed by atoms with Gasteiger partial charge in [0.05, 0.1) is 25.4 Å². The number of aliphatic hydroxyl groups excluding tert-OH is 2. The van der Waals surface area contributed by atoms with Crippen LogP contribution in [0.2, 0.25) is 0 Å². The van der Waals surface area contributed by atoms with Gasteiger partial charge in [0.1, 0.15) is 0 Å². The molecule has 2 atom stereocenters. The summed E-state index contributed by atoms with van der Waals surface area (Å²) in [5, 5.41) is 23.0. The van der Waals surface area contributed by atoms with Gasteiger partial charge in [-0.2, -0.15) is 0 Å². The lowest BCUT2D eigenvalue weighted by Crippen LogP contribution is -2.45. The zero-order valence-corrected chi connectivity index (χ0v) is 48.0. The monoisotopic (exact) mass is 1000 g/mol. The second kappa shape index (κ2) is 60.9. The maximum atomic E-state index is 12.4. The maximum Gasteiger partial charge on any atom is 0.305 e. The number of ether oxygens (including phenoxy) is 1. The van der Waals surface area contributed by atoms with Crippen LogP contribution in [0.3, 0.4) is 0 Å². The van der Waals surface area contributed by atoms with Gasteiger partial charge in [-0.05, 0) is 57.8 Å². The quantitative estimate of drug-likeness (QED) is 0.0320. The van der Waals surface area contributed by atoms with Gasteiger partial charge in [-0.25, -0.2) is 0 Å². The number of hydrogen-bond acceptors (Lipinski definition) is 5. The van der Waals surface area contributed by atoms with Crippen molar-refractivity contribution in [2.24, 2.45) is 0 Å². The van der Waals surface area contributed by atoms with Crippen LogP contribution in [0.25, 0.3) is 0 Å². The molecule has 0 aromatic rings. The van der Waals surface area contributed by atoms with E-state index in [9.17, 15) is 19.8 Å². The molecule has 6 heteroatoms. The van der Waals surface area contributed by atoms with Crippen molar-refractivity contribution in [3.05, 3.63) is 24.3 Å². The number of unbranched alkanes of at least 4 members (excludes halogenated alkanes) is 47. The minimum absolute atomic E-state index is 0.0193. The summed E-state index contributed by atoms with van der Waals surface area (Å²) in [6.07, 6.45) is 75.4. The fourth-order valence-corrected chi connectivity index (χ4v) is 10.0. The Kier molecular flexibility index (Phi) is 59.5. The number of rotatable bonds is 60. The molecule has 6 nitrogen and oxygen atoms in total. The van der Waals surface area contributed by atoms with Gasteiger partial charge < -0.3 is 20.3 Å². The van der Waals surface area contributed by atoms with Crippen molar-refractivity contribution in [3.63, 3.8) is 0 Å². The molecule has 0 heterocycles. The molecule has 3 N–H and O–H groups in total.